The molecule has 1 fully saturated rings. The first-order chi connectivity index (χ1) is 8.13. The summed E-state index contributed by atoms with van der Waals surface area (Å²) in [5.74, 6) is 0. The fourth-order valence-corrected chi connectivity index (χ4v) is 2.91. The summed E-state index contributed by atoms with van der Waals surface area (Å²) >= 11 is 3.48. The lowest BCUT2D eigenvalue weighted by Gasteiger charge is -2.28. The minimum absolute atomic E-state index is 0.321. The molecule has 94 valence electrons. The molecule has 0 radical (unpaired) electrons. The second-order valence-electron chi connectivity index (χ2n) is 5.14. The van der Waals surface area contributed by atoms with E-state index in [-0.39, 0.29) is 0 Å². The van der Waals surface area contributed by atoms with Crippen molar-refractivity contribution in [2.75, 3.05) is 27.2 Å². The van der Waals surface area contributed by atoms with Crippen LogP contribution in [-0.4, -0.2) is 37.6 Å². The molecule has 0 amide bonds. The van der Waals surface area contributed by atoms with Gasteiger partial charge in [0.25, 0.3) is 0 Å². The summed E-state index contributed by atoms with van der Waals surface area (Å²) in [7, 11) is 4.31. The lowest BCUT2D eigenvalue weighted by molar-refractivity contribution is 0.311. The predicted octanol–water partition coefficient (Wildman–Crippen LogP) is 2.68. The average molecular weight is 297 g/mol. The summed E-state index contributed by atoms with van der Waals surface area (Å²) in [4.78, 5) is 2.41. The topological polar surface area (TPSA) is 15.3 Å². The van der Waals surface area contributed by atoms with Gasteiger partial charge in [0.15, 0.2) is 0 Å². The van der Waals surface area contributed by atoms with Gasteiger partial charge in [-0.15, -0.1) is 0 Å². The third-order valence-electron chi connectivity index (χ3n) is 3.88. The van der Waals surface area contributed by atoms with E-state index in [9.17, 15) is 0 Å². The number of nitrogens with zero attached hydrogens (tertiary/aromatic N) is 1. The molecule has 1 aliphatic heterocycles. The Bertz CT molecular complexity index is 363. The van der Waals surface area contributed by atoms with Crippen LogP contribution in [0.25, 0.3) is 0 Å². The van der Waals surface area contributed by atoms with Crippen molar-refractivity contribution in [1.29, 1.82) is 0 Å². The molecule has 1 aromatic carbocycles. The molecular formula is C14H21BrN2. The van der Waals surface area contributed by atoms with E-state index in [2.05, 4.69) is 64.5 Å². The van der Waals surface area contributed by atoms with E-state index >= 15 is 0 Å². The van der Waals surface area contributed by atoms with Crippen LogP contribution in [0.3, 0.4) is 0 Å². The average Bonchev–Trinajstić information content (AvgIpc) is 2.71. The van der Waals surface area contributed by atoms with E-state index in [1.165, 1.54) is 31.5 Å². The second-order valence-corrected chi connectivity index (χ2v) is 6.06. The number of halogens is 1. The SMILES string of the molecule is CNC1(CCc2ccc(Br)cc2)CCN(C)C1. The lowest BCUT2D eigenvalue weighted by atomic mass is 9.90. The van der Waals surface area contributed by atoms with Crippen molar-refractivity contribution in [1.82, 2.24) is 10.2 Å². The van der Waals surface area contributed by atoms with Gasteiger partial charge in [0, 0.05) is 16.6 Å². The number of aryl methyl sites for hydroxylation is 1. The maximum atomic E-state index is 3.54. The fourth-order valence-electron chi connectivity index (χ4n) is 2.65. The van der Waals surface area contributed by atoms with Crippen LogP contribution in [0.4, 0.5) is 0 Å². The van der Waals surface area contributed by atoms with Crippen LogP contribution in [0.1, 0.15) is 18.4 Å². The van der Waals surface area contributed by atoms with Gasteiger partial charge in [-0.2, -0.15) is 0 Å². The van der Waals surface area contributed by atoms with Gasteiger partial charge in [-0.05, 0) is 57.6 Å². The van der Waals surface area contributed by atoms with Gasteiger partial charge >= 0.3 is 0 Å². The molecule has 1 atom stereocenters. The van der Waals surface area contributed by atoms with Crippen molar-refractivity contribution in [2.24, 2.45) is 0 Å². The van der Waals surface area contributed by atoms with Gasteiger partial charge in [0.1, 0.15) is 0 Å². The highest BCUT2D eigenvalue weighted by Gasteiger charge is 2.34. The van der Waals surface area contributed by atoms with E-state index in [1.807, 2.05) is 0 Å². The Morgan fingerprint density at radius 3 is 2.59 bits per heavy atom. The van der Waals surface area contributed by atoms with Crippen molar-refractivity contribution in [2.45, 2.75) is 24.8 Å². The molecule has 2 nitrogen and oxygen atoms in total. The van der Waals surface area contributed by atoms with Gasteiger partial charge in [-0.1, -0.05) is 28.1 Å². The predicted molar refractivity (Wildman–Crippen MR) is 76.4 cm³/mol. The molecule has 1 saturated heterocycles. The second kappa shape index (κ2) is 5.51. The summed E-state index contributed by atoms with van der Waals surface area (Å²) in [5, 5.41) is 3.54. The maximum absolute atomic E-state index is 3.54. The molecule has 1 unspecified atom stereocenters. The molecule has 0 bridgehead atoms. The molecule has 2 rings (SSSR count). The third-order valence-corrected chi connectivity index (χ3v) is 4.41. The van der Waals surface area contributed by atoms with Gasteiger partial charge in [0.05, 0.1) is 0 Å². The number of likely N-dealkylation sites (N-methyl/N-ethyl adjacent to an activating group) is 2. The Labute approximate surface area is 113 Å². The largest absolute Gasteiger partial charge is 0.313 e. The van der Waals surface area contributed by atoms with Gasteiger partial charge in [-0.3, -0.25) is 0 Å². The van der Waals surface area contributed by atoms with E-state index in [4.69, 9.17) is 0 Å². The third kappa shape index (κ3) is 3.30. The Morgan fingerprint density at radius 1 is 1.35 bits per heavy atom. The maximum Gasteiger partial charge on any atom is 0.0321 e. The van der Waals surface area contributed by atoms with Crippen LogP contribution in [-0.2, 0) is 6.42 Å². The number of benzene rings is 1. The van der Waals surface area contributed by atoms with Crippen molar-refractivity contribution >= 4 is 15.9 Å². The molecule has 1 N–H and O–H groups in total. The highest BCUT2D eigenvalue weighted by molar-refractivity contribution is 9.10. The molecule has 0 saturated carbocycles. The van der Waals surface area contributed by atoms with E-state index in [1.54, 1.807) is 0 Å². The molecule has 17 heavy (non-hydrogen) atoms. The van der Waals surface area contributed by atoms with Crippen molar-refractivity contribution in [3.8, 4) is 0 Å². The molecule has 1 heterocycles. The first-order valence-corrected chi connectivity index (χ1v) is 7.05. The molecular weight excluding hydrogens is 276 g/mol. The van der Waals surface area contributed by atoms with E-state index in [0.29, 0.717) is 5.54 Å². The summed E-state index contributed by atoms with van der Waals surface area (Å²) in [6.45, 7) is 2.38. The zero-order valence-electron chi connectivity index (χ0n) is 10.7. The van der Waals surface area contributed by atoms with Crippen LogP contribution >= 0.6 is 15.9 Å². The molecule has 1 aromatic rings. The summed E-state index contributed by atoms with van der Waals surface area (Å²) < 4.78 is 1.16. The standard InChI is InChI=1S/C14H21BrN2/c1-16-14(9-10-17(2)11-14)8-7-12-3-5-13(15)6-4-12/h3-6,16H,7-11H2,1-2H3. The smallest absolute Gasteiger partial charge is 0.0321 e. The molecule has 1 aliphatic rings. The minimum Gasteiger partial charge on any atom is -0.313 e. The van der Waals surface area contributed by atoms with Crippen LogP contribution in [0.5, 0.6) is 0 Å². The van der Waals surface area contributed by atoms with E-state index < -0.39 is 0 Å². The summed E-state index contributed by atoms with van der Waals surface area (Å²) in [6.07, 6.45) is 3.63. The van der Waals surface area contributed by atoms with Gasteiger partial charge in [-0.25, -0.2) is 0 Å². The summed E-state index contributed by atoms with van der Waals surface area (Å²) in [6, 6.07) is 8.68. The normalized spacial score (nSPS) is 25.4. The van der Waals surface area contributed by atoms with Gasteiger partial charge in [0.2, 0.25) is 0 Å². The minimum atomic E-state index is 0.321. The Balaban J connectivity index is 1.94. The Kier molecular flexibility index (Phi) is 4.23. The van der Waals surface area contributed by atoms with Crippen molar-refractivity contribution in [3.05, 3.63) is 34.3 Å². The zero-order valence-corrected chi connectivity index (χ0v) is 12.3. The van der Waals surface area contributed by atoms with Crippen LogP contribution < -0.4 is 5.32 Å². The molecule has 0 spiro atoms. The van der Waals surface area contributed by atoms with Crippen molar-refractivity contribution in [3.63, 3.8) is 0 Å². The number of rotatable bonds is 4. The van der Waals surface area contributed by atoms with Gasteiger partial charge < -0.3 is 10.2 Å². The van der Waals surface area contributed by atoms with Crippen LogP contribution in [0.2, 0.25) is 0 Å². The van der Waals surface area contributed by atoms with Crippen LogP contribution in [0, 0.1) is 0 Å². The molecule has 0 aliphatic carbocycles. The Morgan fingerprint density at radius 2 is 2.06 bits per heavy atom. The van der Waals surface area contributed by atoms with Crippen molar-refractivity contribution < 1.29 is 0 Å². The quantitative estimate of drug-likeness (QED) is 0.919. The first kappa shape index (κ1) is 13.1. The monoisotopic (exact) mass is 296 g/mol. The number of nitrogens with one attached hydrogen (secondary N) is 1. The fraction of sp³-hybridized carbons (Fsp3) is 0.571. The highest BCUT2D eigenvalue weighted by atomic mass is 79.9. The first-order valence-electron chi connectivity index (χ1n) is 6.25. The number of likely N-dealkylation sites (tertiary alicyclic amines) is 1. The number of hydrogen-bond acceptors (Lipinski definition) is 2. The molecule has 0 aromatic heterocycles. The summed E-state index contributed by atoms with van der Waals surface area (Å²) in [5.41, 5.74) is 1.75. The lowest BCUT2D eigenvalue weighted by Crippen LogP contribution is -2.45. The highest BCUT2D eigenvalue weighted by Crippen LogP contribution is 2.25. The number of hydrogen-bond donors (Lipinski definition) is 1. The molecule has 3 heteroatoms. The zero-order chi connectivity index (χ0) is 12.3. The Hall–Kier alpha value is -0.380. The van der Waals surface area contributed by atoms with E-state index in [0.717, 1.165) is 10.9 Å². The van der Waals surface area contributed by atoms with Crippen LogP contribution in [0.15, 0.2) is 28.7 Å².